The van der Waals surface area contributed by atoms with E-state index in [1.54, 1.807) is 0 Å². The lowest BCUT2D eigenvalue weighted by molar-refractivity contribution is -0.138. The lowest BCUT2D eigenvalue weighted by Gasteiger charge is -2.39. The molecule has 0 bridgehead atoms. The summed E-state index contributed by atoms with van der Waals surface area (Å²) in [5.41, 5.74) is -0.0464. The van der Waals surface area contributed by atoms with Crippen molar-refractivity contribution >= 4 is 5.91 Å². The van der Waals surface area contributed by atoms with Gasteiger partial charge in [0.1, 0.15) is 0 Å². The predicted molar refractivity (Wildman–Crippen MR) is 83.0 cm³/mol. The van der Waals surface area contributed by atoms with E-state index in [4.69, 9.17) is 4.74 Å². The molecule has 0 N–H and O–H groups in total. The number of hydrogen-bond donors (Lipinski definition) is 0. The predicted octanol–water partition coefficient (Wildman–Crippen LogP) is 1.91. The van der Waals surface area contributed by atoms with Crippen LogP contribution in [0.3, 0.4) is 0 Å². The minimum atomic E-state index is -0.0464. The van der Waals surface area contributed by atoms with E-state index in [9.17, 15) is 4.79 Å². The minimum Gasteiger partial charge on any atom is -0.381 e. The molecule has 0 aliphatic carbocycles. The Labute approximate surface area is 128 Å². The van der Waals surface area contributed by atoms with Crippen molar-refractivity contribution in [1.82, 2.24) is 9.80 Å². The molecule has 4 heteroatoms. The maximum Gasteiger partial charge on any atom is 0.229 e. The van der Waals surface area contributed by atoms with Gasteiger partial charge in [-0.2, -0.15) is 0 Å². The number of nitrogens with zero attached hydrogens (tertiary/aromatic N) is 2. The number of piperidine rings is 1. The van der Waals surface area contributed by atoms with Crippen molar-refractivity contribution in [1.29, 1.82) is 0 Å². The van der Waals surface area contributed by atoms with Crippen LogP contribution >= 0.6 is 0 Å². The summed E-state index contributed by atoms with van der Waals surface area (Å²) >= 11 is 0. The molecule has 0 atom stereocenters. The Morgan fingerprint density at radius 2 is 1.86 bits per heavy atom. The molecule has 0 radical (unpaired) electrons. The Bertz CT molecular complexity index is 382. The third-order valence-corrected chi connectivity index (χ3v) is 5.62. The highest BCUT2D eigenvalue weighted by atomic mass is 16.5. The molecule has 21 heavy (non-hydrogen) atoms. The first-order valence-corrected chi connectivity index (χ1v) is 8.44. The first-order chi connectivity index (χ1) is 10.2. The third kappa shape index (κ3) is 3.16. The van der Waals surface area contributed by atoms with E-state index in [0.29, 0.717) is 12.5 Å². The summed E-state index contributed by atoms with van der Waals surface area (Å²) in [5, 5.41) is 0. The number of carbonyl (C=O) groups excluding carboxylic acids is 1. The van der Waals surface area contributed by atoms with E-state index in [0.717, 1.165) is 58.0 Å². The van der Waals surface area contributed by atoms with Gasteiger partial charge in [-0.3, -0.25) is 4.79 Å². The molecule has 0 aromatic rings. The fourth-order valence-corrected chi connectivity index (χ4v) is 4.14. The number of amides is 1. The fraction of sp³-hybridized carbons (Fsp3) is 0.824. The largest absolute Gasteiger partial charge is 0.381 e. The van der Waals surface area contributed by atoms with Gasteiger partial charge in [0, 0.05) is 32.8 Å². The summed E-state index contributed by atoms with van der Waals surface area (Å²) in [7, 11) is 0. The second-order valence-corrected chi connectivity index (χ2v) is 6.93. The Morgan fingerprint density at radius 1 is 1.19 bits per heavy atom. The molecule has 1 amide bonds. The van der Waals surface area contributed by atoms with Crippen molar-refractivity contribution in [3.05, 3.63) is 12.7 Å². The van der Waals surface area contributed by atoms with Crippen molar-refractivity contribution in [2.45, 2.75) is 32.1 Å². The first-order valence-electron chi connectivity index (χ1n) is 8.44. The third-order valence-electron chi connectivity index (χ3n) is 5.62. The van der Waals surface area contributed by atoms with Gasteiger partial charge in [-0.1, -0.05) is 6.08 Å². The molecule has 3 aliphatic rings. The molecule has 0 aromatic carbocycles. The summed E-state index contributed by atoms with van der Waals surface area (Å²) in [4.78, 5) is 17.2. The van der Waals surface area contributed by atoms with E-state index in [-0.39, 0.29) is 5.41 Å². The number of rotatable bonds is 4. The topological polar surface area (TPSA) is 32.8 Å². The second-order valence-electron chi connectivity index (χ2n) is 6.93. The summed E-state index contributed by atoms with van der Waals surface area (Å²) in [6.07, 6.45) is 7.38. The molecule has 3 fully saturated rings. The molecule has 4 nitrogen and oxygen atoms in total. The monoisotopic (exact) mass is 292 g/mol. The Kier molecular flexibility index (Phi) is 4.65. The van der Waals surface area contributed by atoms with Crippen LogP contribution in [-0.4, -0.2) is 61.6 Å². The Hall–Kier alpha value is -0.870. The van der Waals surface area contributed by atoms with Crippen LogP contribution in [-0.2, 0) is 9.53 Å². The van der Waals surface area contributed by atoms with Gasteiger partial charge in [-0.15, -0.1) is 6.58 Å². The minimum absolute atomic E-state index is 0.0464. The van der Waals surface area contributed by atoms with E-state index in [1.807, 2.05) is 11.0 Å². The van der Waals surface area contributed by atoms with Gasteiger partial charge in [0.25, 0.3) is 0 Å². The number of hydrogen-bond acceptors (Lipinski definition) is 3. The quantitative estimate of drug-likeness (QED) is 0.742. The van der Waals surface area contributed by atoms with Gasteiger partial charge in [0.15, 0.2) is 0 Å². The molecular formula is C17H28N2O2. The zero-order valence-corrected chi connectivity index (χ0v) is 13.1. The molecule has 1 spiro atoms. The summed E-state index contributed by atoms with van der Waals surface area (Å²) < 4.78 is 5.44. The average Bonchev–Trinajstić information content (AvgIpc) is 2.81. The molecule has 3 rings (SSSR count). The Morgan fingerprint density at radius 3 is 2.52 bits per heavy atom. The van der Waals surface area contributed by atoms with Crippen molar-refractivity contribution in [2.24, 2.45) is 11.3 Å². The molecule has 0 saturated carbocycles. The van der Waals surface area contributed by atoms with Crippen LogP contribution in [0.5, 0.6) is 0 Å². The van der Waals surface area contributed by atoms with Crippen LogP contribution < -0.4 is 0 Å². The lowest BCUT2D eigenvalue weighted by atomic mass is 9.77. The van der Waals surface area contributed by atoms with E-state index >= 15 is 0 Å². The van der Waals surface area contributed by atoms with Crippen LogP contribution in [0.15, 0.2) is 12.7 Å². The number of carbonyl (C=O) groups is 1. The van der Waals surface area contributed by atoms with E-state index in [1.165, 1.54) is 19.4 Å². The summed E-state index contributed by atoms with van der Waals surface area (Å²) in [6, 6.07) is 0. The van der Waals surface area contributed by atoms with Gasteiger partial charge in [-0.25, -0.2) is 0 Å². The van der Waals surface area contributed by atoms with Crippen LogP contribution in [0, 0.1) is 11.3 Å². The number of ether oxygens (including phenoxy) is 1. The van der Waals surface area contributed by atoms with E-state index < -0.39 is 0 Å². The summed E-state index contributed by atoms with van der Waals surface area (Å²) in [6.45, 7) is 10.6. The zero-order valence-electron chi connectivity index (χ0n) is 13.1. The van der Waals surface area contributed by atoms with E-state index in [2.05, 4.69) is 11.5 Å². The molecule has 3 heterocycles. The summed E-state index contributed by atoms with van der Waals surface area (Å²) in [5.74, 6) is 1.18. The lowest BCUT2D eigenvalue weighted by Crippen LogP contribution is -2.46. The van der Waals surface area contributed by atoms with Crippen LogP contribution in [0.4, 0.5) is 0 Å². The highest BCUT2D eigenvalue weighted by molar-refractivity contribution is 5.85. The first kappa shape index (κ1) is 15.0. The van der Waals surface area contributed by atoms with Gasteiger partial charge >= 0.3 is 0 Å². The standard InChI is InChI=1S/C17H28N2O2/c1-2-8-19-11-7-17(16(19)20)5-9-18(10-6-17)14-15-3-12-21-13-4-15/h2,15H,1,3-14H2. The smallest absolute Gasteiger partial charge is 0.229 e. The van der Waals surface area contributed by atoms with Crippen molar-refractivity contribution in [2.75, 3.05) is 45.9 Å². The molecular weight excluding hydrogens is 264 g/mol. The maximum absolute atomic E-state index is 12.6. The molecule has 0 aromatic heterocycles. The van der Waals surface area contributed by atoms with Crippen LogP contribution in [0.25, 0.3) is 0 Å². The highest BCUT2D eigenvalue weighted by Gasteiger charge is 2.47. The highest BCUT2D eigenvalue weighted by Crippen LogP contribution is 2.41. The van der Waals surface area contributed by atoms with Crippen LogP contribution in [0.2, 0.25) is 0 Å². The molecule has 118 valence electrons. The average molecular weight is 292 g/mol. The fourth-order valence-electron chi connectivity index (χ4n) is 4.14. The van der Waals surface area contributed by atoms with Crippen molar-refractivity contribution < 1.29 is 9.53 Å². The number of likely N-dealkylation sites (tertiary alicyclic amines) is 2. The second kappa shape index (κ2) is 6.49. The SMILES string of the molecule is C=CCN1CCC2(CCN(CC3CCOCC3)CC2)C1=O. The van der Waals surface area contributed by atoms with Gasteiger partial charge in [-0.05, 0) is 51.1 Å². The maximum atomic E-state index is 12.6. The van der Waals surface area contributed by atoms with Crippen LogP contribution in [0.1, 0.15) is 32.1 Å². The van der Waals surface area contributed by atoms with Gasteiger partial charge in [0.2, 0.25) is 5.91 Å². The molecule has 0 unspecified atom stereocenters. The van der Waals surface area contributed by atoms with Crippen molar-refractivity contribution in [3.63, 3.8) is 0 Å². The van der Waals surface area contributed by atoms with Crippen molar-refractivity contribution in [3.8, 4) is 0 Å². The molecule has 3 saturated heterocycles. The normalized spacial score (nSPS) is 27.4. The molecule has 3 aliphatic heterocycles. The zero-order chi connectivity index (χ0) is 14.7. The van der Waals surface area contributed by atoms with Gasteiger partial charge in [0.05, 0.1) is 5.41 Å². The Balaban J connectivity index is 1.50. The van der Waals surface area contributed by atoms with Gasteiger partial charge < -0.3 is 14.5 Å².